The van der Waals surface area contributed by atoms with Crippen LogP contribution in [0.1, 0.15) is 18.2 Å². The predicted molar refractivity (Wildman–Crippen MR) is 72.4 cm³/mol. The summed E-state index contributed by atoms with van der Waals surface area (Å²) in [7, 11) is 0. The van der Waals surface area contributed by atoms with Crippen LogP contribution in [0, 0.1) is 0 Å². The molecular weight excluding hydrogens is 296 g/mol. The Balaban J connectivity index is 1.96. The highest BCUT2D eigenvalue weighted by Crippen LogP contribution is 2.26. The summed E-state index contributed by atoms with van der Waals surface area (Å²) in [6.07, 6.45) is 1.60. The fourth-order valence-electron chi connectivity index (χ4n) is 1.51. The Kier molecular flexibility index (Phi) is 4.78. The first kappa shape index (κ1) is 13.1. The van der Waals surface area contributed by atoms with Gasteiger partial charge in [0, 0.05) is 12.6 Å². The van der Waals surface area contributed by atoms with Gasteiger partial charge in [-0.1, -0.05) is 18.1 Å². The van der Waals surface area contributed by atoms with Gasteiger partial charge in [-0.05, 0) is 40.2 Å². The molecule has 0 amide bonds. The normalized spacial score (nSPS) is 10.6. The van der Waals surface area contributed by atoms with E-state index in [1.54, 1.807) is 12.3 Å². The third kappa shape index (κ3) is 3.58. The molecule has 0 atom stereocenters. The van der Waals surface area contributed by atoms with Crippen LogP contribution in [0.3, 0.4) is 0 Å². The van der Waals surface area contributed by atoms with Crippen molar-refractivity contribution in [2.24, 2.45) is 0 Å². The van der Waals surface area contributed by atoms with Crippen molar-refractivity contribution in [3.05, 3.63) is 46.3 Å². The van der Waals surface area contributed by atoms with E-state index < -0.39 is 0 Å². The highest BCUT2D eigenvalue weighted by molar-refractivity contribution is 9.10. The van der Waals surface area contributed by atoms with Gasteiger partial charge in [-0.3, -0.25) is 0 Å². The number of aromatic nitrogens is 1. The topological polar surface area (TPSA) is 47.3 Å². The van der Waals surface area contributed by atoms with Gasteiger partial charge >= 0.3 is 0 Å². The Hall–Kier alpha value is -1.33. The quantitative estimate of drug-likeness (QED) is 0.890. The number of hydrogen-bond donors (Lipinski definition) is 1. The number of nitrogens with zero attached hydrogens (tertiary/aromatic N) is 1. The maximum Gasteiger partial charge on any atom is 0.174 e. The molecule has 2 rings (SSSR count). The highest BCUT2D eigenvalue weighted by Gasteiger charge is 2.04. The van der Waals surface area contributed by atoms with Crippen LogP contribution in [0.2, 0.25) is 0 Å². The van der Waals surface area contributed by atoms with Gasteiger partial charge in [-0.15, -0.1) is 0 Å². The molecule has 0 saturated carbocycles. The van der Waals surface area contributed by atoms with Gasteiger partial charge < -0.3 is 14.6 Å². The van der Waals surface area contributed by atoms with Gasteiger partial charge in [0.2, 0.25) is 0 Å². The molecule has 0 fully saturated rings. The zero-order valence-corrected chi connectivity index (χ0v) is 11.7. The summed E-state index contributed by atoms with van der Waals surface area (Å²) in [6, 6.07) is 7.84. The zero-order chi connectivity index (χ0) is 12.8. The maximum atomic E-state index is 5.64. The number of nitrogens with one attached hydrogen (secondary N) is 1. The van der Waals surface area contributed by atoms with Gasteiger partial charge in [0.25, 0.3) is 0 Å². The summed E-state index contributed by atoms with van der Waals surface area (Å²) in [4.78, 5) is 0. The molecule has 18 heavy (non-hydrogen) atoms. The second kappa shape index (κ2) is 6.56. The molecule has 0 spiro atoms. The fourth-order valence-corrected chi connectivity index (χ4v) is 2.05. The second-order valence-electron chi connectivity index (χ2n) is 3.81. The van der Waals surface area contributed by atoms with Gasteiger partial charge in [0.15, 0.2) is 5.76 Å². The van der Waals surface area contributed by atoms with Crippen molar-refractivity contribution in [3.63, 3.8) is 0 Å². The van der Waals surface area contributed by atoms with Crippen LogP contribution in [-0.4, -0.2) is 11.7 Å². The van der Waals surface area contributed by atoms with Crippen molar-refractivity contribution in [2.75, 3.05) is 6.54 Å². The minimum atomic E-state index is 0.380. The summed E-state index contributed by atoms with van der Waals surface area (Å²) >= 11 is 3.50. The fraction of sp³-hybridized carbons (Fsp3) is 0.308. The molecule has 0 radical (unpaired) electrons. The molecule has 0 unspecified atom stereocenters. The van der Waals surface area contributed by atoms with Crippen molar-refractivity contribution in [2.45, 2.75) is 20.1 Å². The minimum Gasteiger partial charge on any atom is -0.484 e. The molecule has 5 heteroatoms. The molecule has 0 bridgehead atoms. The predicted octanol–water partition coefficient (Wildman–Crippen LogP) is 3.13. The molecule has 1 N–H and O–H groups in total. The van der Waals surface area contributed by atoms with E-state index in [4.69, 9.17) is 9.26 Å². The second-order valence-corrected chi connectivity index (χ2v) is 4.67. The lowest BCUT2D eigenvalue weighted by atomic mass is 10.2. The Morgan fingerprint density at radius 3 is 2.94 bits per heavy atom. The number of benzene rings is 1. The largest absolute Gasteiger partial charge is 0.484 e. The van der Waals surface area contributed by atoms with Crippen molar-refractivity contribution in [1.82, 2.24) is 10.5 Å². The minimum absolute atomic E-state index is 0.380. The smallest absolute Gasteiger partial charge is 0.174 e. The molecule has 0 aliphatic heterocycles. The first-order valence-corrected chi connectivity index (χ1v) is 6.60. The molecule has 0 aliphatic rings. The average Bonchev–Trinajstić information content (AvgIpc) is 2.88. The lowest BCUT2D eigenvalue weighted by Crippen LogP contribution is -2.11. The maximum absolute atomic E-state index is 5.64. The first-order valence-electron chi connectivity index (χ1n) is 5.81. The third-order valence-electron chi connectivity index (χ3n) is 2.44. The number of halogens is 1. The standard InChI is InChI=1S/C13H15BrN2O2/c1-2-15-8-10-3-4-13(12(14)7-10)17-9-11-5-6-16-18-11/h3-7,15H,2,8-9H2,1H3. The van der Waals surface area contributed by atoms with E-state index in [2.05, 4.69) is 39.4 Å². The van der Waals surface area contributed by atoms with Gasteiger partial charge in [-0.2, -0.15) is 0 Å². The van der Waals surface area contributed by atoms with E-state index >= 15 is 0 Å². The van der Waals surface area contributed by atoms with Crippen molar-refractivity contribution in [1.29, 1.82) is 0 Å². The Morgan fingerprint density at radius 1 is 1.39 bits per heavy atom. The molecule has 1 heterocycles. The monoisotopic (exact) mass is 310 g/mol. The van der Waals surface area contributed by atoms with E-state index in [1.165, 1.54) is 5.56 Å². The van der Waals surface area contributed by atoms with Crippen LogP contribution >= 0.6 is 15.9 Å². The molecule has 1 aromatic heterocycles. The van der Waals surface area contributed by atoms with Crippen molar-refractivity contribution >= 4 is 15.9 Å². The summed E-state index contributed by atoms with van der Waals surface area (Å²) in [5.74, 6) is 1.50. The number of rotatable bonds is 6. The lowest BCUT2D eigenvalue weighted by molar-refractivity contribution is 0.248. The van der Waals surface area contributed by atoms with Crippen LogP contribution in [0.4, 0.5) is 0 Å². The SMILES string of the molecule is CCNCc1ccc(OCc2ccno2)c(Br)c1. The summed E-state index contributed by atoms with van der Waals surface area (Å²) in [5.41, 5.74) is 1.22. The summed E-state index contributed by atoms with van der Waals surface area (Å²) in [6.45, 7) is 4.29. The molecule has 0 saturated heterocycles. The van der Waals surface area contributed by atoms with E-state index in [1.807, 2.05) is 12.1 Å². The van der Waals surface area contributed by atoms with E-state index in [-0.39, 0.29) is 0 Å². The summed E-state index contributed by atoms with van der Waals surface area (Å²) < 4.78 is 11.6. The van der Waals surface area contributed by atoms with E-state index in [9.17, 15) is 0 Å². The van der Waals surface area contributed by atoms with E-state index in [0.717, 1.165) is 23.3 Å². The van der Waals surface area contributed by atoms with Crippen LogP contribution in [0.5, 0.6) is 5.75 Å². The van der Waals surface area contributed by atoms with Gasteiger partial charge in [-0.25, -0.2) is 0 Å². The highest BCUT2D eigenvalue weighted by atomic mass is 79.9. The molecule has 0 aliphatic carbocycles. The van der Waals surface area contributed by atoms with Crippen molar-refractivity contribution in [3.8, 4) is 5.75 Å². The Bertz CT molecular complexity index is 486. The van der Waals surface area contributed by atoms with Crippen LogP contribution in [-0.2, 0) is 13.2 Å². The van der Waals surface area contributed by atoms with Crippen LogP contribution < -0.4 is 10.1 Å². The number of ether oxygens (including phenoxy) is 1. The average molecular weight is 311 g/mol. The van der Waals surface area contributed by atoms with Crippen LogP contribution in [0.15, 0.2) is 39.5 Å². The Morgan fingerprint density at radius 2 is 2.28 bits per heavy atom. The molecular formula is C13H15BrN2O2. The zero-order valence-electron chi connectivity index (χ0n) is 10.1. The first-order chi connectivity index (χ1) is 8.79. The lowest BCUT2D eigenvalue weighted by Gasteiger charge is -2.08. The van der Waals surface area contributed by atoms with Gasteiger partial charge in [0.1, 0.15) is 12.4 Å². The third-order valence-corrected chi connectivity index (χ3v) is 3.06. The molecule has 96 valence electrons. The summed E-state index contributed by atoms with van der Waals surface area (Å²) in [5, 5.41) is 6.91. The van der Waals surface area contributed by atoms with E-state index in [0.29, 0.717) is 12.4 Å². The molecule has 4 nitrogen and oxygen atoms in total. The van der Waals surface area contributed by atoms with Gasteiger partial charge in [0.05, 0.1) is 10.7 Å². The van der Waals surface area contributed by atoms with Crippen LogP contribution in [0.25, 0.3) is 0 Å². The molecule has 2 aromatic rings. The molecule has 1 aromatic carbocycles. The van der Waals surface area contributed by atoms with Crippen molar-refractivity contribution < 1.29 is 9.26 Å². The number of hydrogen-bond acceptors (Lipinski definition) is 4. The Labute approximate surface area is 114 Å².